The molecular weight excluding hydrogens is 579 g/mol. The van der Waals surface area contributed by atoms with Crippen LogP contribution in [0.5, 0.6) is 5.75 Å². The second kappa shape index (κ2) is 14.1. The number of anilines is 1. The Balaban J connectivity index is 1.77. The van der Waals surface area contributed by atoms with E-state index in [0.717, 1.165) is 39.4 Å². The molecule has 0 fully saturated rings. The van der Waals surface area contributed by atoms with Gasteiger partial charge in [-0.3, -0.25) is 4.79 Å². The molecule has 0 radical (unpaired) electrons. The molecular formula is C36H40F3N3O3. The number of aryl methyl sites for hydroxylation is 4. The van der Waals surface area contributed by atoms with Crippen molar-refractivity contribution in [3.05, 3.63) is 105 Å². The number of aliphatic carboxylic acids is 1. The topological polar surface area (TPSA) is 75.6 Å². The summed E-state index contributed by atoms with van der Waals surface area (Å²) in [4.78, 5) is 21.7. The zero-order valence-electron chi connectivity index (χ0n) is 26.6. The molecule has 1 N–H and O–H groups in total. The van der Waals surface area contributed by atoms with Crippen molar-refractivity contribution in [2.45, 2.75) is 79.6 Å². The number of carboxylic acid groups (broad SMARTS) is 1. The van der Waals surface area contributed by atoms with Gasteiger partial charge in [0.05, 0.1) is 24.6 Å². The lowest BCUT2D eigenvalue weighted by Crippen LogP contribution is -2.25. The van der Waals surface area contributed by atoms with Gasteiger partial charge in [-0.25, -0.2) is 9.97 Å². The van der Waals surface area contributed by atoms with Crippen molar-refractivity contribution in [1.29, 1.82) is 0 Å². The van der Waals surface area contributed by atoms with E-state index in [1.165, 1.54) is 24.0 Å². The summed E-state index contributed by atoms with van der Waals surface area (Å²) in [5.74, 6) is 0.160. The third-order valence-corrected chi connectivity index (χ3v) is 7.66. The number of nitrogens with zero attached hydrogens (tertiary/aromatic N) is 3. The Bertz CT molecular complexity index is 1650. The number of ether oxygens (including phenoxy) is 1. The van der Waals surface area contributed by atoms with Gasteiger partial charge < -0.3 is 14.7 Å². The molecule has 9 heteroatoms. The molecule has 0 unspecified atom stereocenters. The van der Waals surface area contributed by atoms with Gasteiger partial charge in [0.25, 0.3) is 0 Å². The first-order valence-corrected chi connectivity index (χ1v) is 15.0. The second-order valence-electron chi connectivity index (χ2n) is 12.0. The Morgan fingerprint density at radius 2 is 1.60 bits per heavy atom. The molecule has 0 aliphatic carbocycles. The highest BCUT2D eigenvalue weighted by molar-refractivity contribution is 5.75. The van der Waals surface area contributed by atoms with Crippen molar-refractivity contribution in [2.24, 2.45) is 0 Å². The molecule has 1 heterocycles. The second-order valence-corrected chi connectivity index (χ2v) is 12.0. The van der Waals surface area contributed by atoms with Crippen LogP contribution in [0.15, 0.2) is 60.9 Å². The van der Waals surface area contributed by atoms with Gasteiger partial charge >= 0.3 is 12.1 Å². The van der Waals surface area contributed by atoms with Crippen LogP contribution in [0.2, 0.25) is 0 Å². The Labute approximate surface area is 262 Å². The first kappa shape index (κ1) is 33.5. The molecule has 0 atom stereocenters. The number of hydrogen-bond acceptors (Lipinski definition) is 5. The smallest absolute Gasteiger partial charge is 0.416 e. The monoisotopic (exact) mass is 619 g/mol. The number of carboxylic acids is 1. The van der Waals surface area contributed by atoms with E-state index < -0.39 is 17.7 Å². The average molecular weight is 620 g/mol. The van der Waals surface area contributed by atoms with Gasteiger partial charge in [-0.1, -0.05) is 61.4 Å². The molecule has 3 aromatic carbocycles. The summed E-state index contributed by atoms with van der Waals surface area (Å²) in [5.41, 5.74) is 8.06. The fourth-order valence-corrected chi connectivity index (χ4v) is 5.54. The van der Waals surface area contributed by atoms with E-state index in [1.54, 1.807) is 13.0 Å². The Hall–Kier alpha value is -4.40. The standard InChI is InChI=1S/C36H40F3N3O3/c1-22(2)28-10-9-25(5)32(17-28)34-26(6)12-23(3)14-29(34)21-42(20-27-13-24(4)15-30(16-27)36(37,38)39)35-40-18-31(19-41-35)45-11-7-8-33(43)44/h9-10,12-19,22H,7-8,11,20-21H2,1-6H3,(H,43,44). The highest BCUT2D eigenvalue weighted by Crippen LogP contribution is 2.36. The maximum atomic E-state index is 13.7. The average Bonchev–Trinajstić information content (AvgIpc) is 2.95. The summed E-state index contributed by atoms with van der Waals surface area (Å²) >= 11 is 0. The summed E-state index contributed by atoms with van der Waals surface area (Å²) in [6.07, 6.45) is -1.13. The van der Waals surface area contributed by atoms with Crippen LogP contribution >= 0.6 is 0 Å². The number of hydrogen-bond donors (Lipinski definition) is 1. The lowest BCUT2D eigenvalue weighted by atomic mass is 9.88. The zero-order valence-corrected chi connectivity index (χ0v) is 26.6. The molecule has 238 valence electrons. The fraction of sp³-hybridized carbons (Fsp3) is 0.361. The van der Waals surface area contributed by atoms with Crippen LogP contribution < -0.4 is 9.64 Å². The number of benzene rings is 3. The number of halogens is 3. The van der Waals surface area contributed by atoms with Gasteiger partial charge in [0.2, 0.25) is 5.95 Å². The molecule has 0 saturated carbocycles. The van der Waals surface area contributed by atoms with Crippen LogP contribution in [0.3, 0.4) is 0 Å². The minimum Gasteiger partial charge on any atom is -0.490 e. The van der Waals surface area contributed by atoms with Crippen molar-refractivity contribution in [3.8, 4) is 16.9 Å². The van der Waals surface area contributed by atoms with E-state index in [4.69, 9.17) is 9.84 Å². The number of carbonyl (C=O) groups is 1. The summed E-state index contributed by atoms with van der Waals surface area (Å²) < 4.78 is 46.8. The van der Waals surface area contributed by atoms with Gasteiger partial charge in [0.15, 0.2) is 5.75 Å². The van der Waals surface area contributed by atoms with Gasteiger partial charge in [-0.2, -0.15) is 13.2 Å². The van der Waals surface area contributed by atoms with E-state index in [9.17, 15) is 18.0 Å². The maximum Gasteiger partial charge on any atom is 0.416 e. The van der Waals surface area contributed by atoms with Crippen molar-refractivity contribution in [3.63, 3.8) is 0 Å². The van der Waals surface area contributed by atoms with Crippen LogP contribution in [0, 0.1) is 27.7 Å². The summed E-state index contributed by atoms with van der Waals surface area (Å²) in [5, 5.41) is 8.86. The molecule has 0 saturated heterocycles. The largest absolute Gasteiger partial charge is 0.490 e. The minimum atomic E-state index is -4.47. The predicted octanol–water partition coefficient (Wildman–Crippen LogP) is 8.97. The lowest BCUT2D eigenvalue weighted by Gasteiger charge is -2.26. The van der Waals surface area contributed by atoms with E-state index in [-0.39, 0.29) is 19.6 Å². The minimum absolute atomic E-state index is 0.0130. The zero-order chi connectivity index (χ0) is 32.9. The SMILES string of the molecule is Cc1cc(CN(Cc2cc(C)cc(C)c2-c2cc(C(C)C)ccc2C)c2ncc(OCCCC(=O)O)cn2)cc(C(F)(F)F)c1. The molecule has 4 aromatic rings. The van der Waals surface area contributed by atoms with Crippen LogP contribution in [0.4, 0.5) is 19.1 Å². The highest BCUT2D eigenvalue weighted by Gasteiger charge is 2.31. The van der Waals surface area contributed by atoms with Crippen LogP contribution in [0.1, 0.15) is 77.1 Å². The normalized spacial score (nSPS) is 11.6. The molecule has 0 spiro atoms. The van der Waals surface area contributed by atoms with Crippen LogP contribution in [-0.4, -0.2) is 27.7 Å². The van der Waals surface area contributed by atoms with E-state index in [1.807, 2.05) is 11.8 Å². The molecule has 0 bridgehead atoms. The summed E-state index contributed by atoms with van der Waals surface area (Å²) in [6.45, 7) is 12.9. The van der Waals surface area contributed by atoms with Gasteiger partial charge in [0, 0.05) is 19.5 Å². The van der Waals surface area contributed by atoms with E-state index >= 15 is 0 Å². The van der Waals surface area contributed by atoms with Crippen molar-refractivity contribution in [2.75, 3.05) is 11.5 Å². The van der Waals surface area contributed by atoms with Crippen LogP contribution in [0.25, 0.3) is 11.1 Å². The molecule has 45 heavy (non-hydrogen) atoms. The highest BCUT2D eigenvalue weighted by atomic mass is 19.4. The Morgan fingerprint density at radius 3 is 2.24 bits per heavy atom. The van der Waals surface area contributed by atoms with Crippen molar-refractivity contribution >= 4 is 11.9 Å². The van der Waals surface area contributed by atoms with Gasteiger partial charge in [0.1, 0.15) is 0 Å². The third kappa shape index (κ3) is 8.84. The van der Waals surface area contributed by atoms with Gasteiger partial charge in [-0.05, 0) is 91.1 Å². The number of alkyl halides is 3. The summed E-state index contributed by atoms with van der Waals surface area (Å²) in [7, 11) is 0. The number of aromatic nitrogens is 2. The molecule has 1 aromatic heterocycles. The first-order chi connectivity index (χ1) is 21.2. The van der Waals surface area contributed by atoms with E-state index in [2.05, 4.69) is 68.0 Å². The van der Waals surface area contributed by atoms with Crippen molar-refractivity contribution in [1.82, 2.24) is 9.97 Å². The first-order valence-electron chi connectivity index (χ1n) is 15.0. The lowest BCUT2D eigenvalue weighted by molar-refractivity contribution is -0.138. The molecule has 0 amide bonds. The molecule has 4 rings (SSSR count). The third-order valence-electron chi connectivity index (χ3n) is 7.66. The van der Waals surface area contributed by atoms with Crippen molar-refractivity contribution < 1.29 is 27.8 Å². The Morgan fingerprint density at radius 1 is 0.911 bits per heavy atom. The Kier molecular flexibility index (Phi) is 10.5. The van der Waals surface area contributed by atoms with E-state index in [0.29, 0.717) is 41.7 Å². The molecule has 0 aliphatic rings. The molecule has 0 aliphatic heterocycles. The number of rotatable bonds is 12. The van der Waals surface area contributed by atoms with Gasteiger partial charge in [-0.15, -0.1) is 0 Å². The predicted molar refractivity (Wildman–Crippen MR) is 171 cm³/mol. The van der Waals surface area contributed by atoms with Crippen LogP contribution in [-0.2, 0) is 24.1 Å². The summed E-state index contributed by atoms with van der Waals surface area (Å²) in [6, 6.07) is 14.9. The maximum absolute atomic E-state index is 13.7. The fourth-order valence-electron chi connectivity index (χ4n) is 5.54. The quantitative estimate of drug-likeness (QED) is 0.160. The molecule has 6 nitrogen and oxygen atoms in total.